The zero-order chi connectivity index (χ0) is 10.9. The van der Waals surface area contributed by atoms with E-state index in [1.165, 1.54) is 0 Å². The van der Waals surface area contributed by atoms with Crippen LogP contribution in [-0.2, 0) is 9.13 Å². The molecule has 7 heteroatoms. The summed E-state index contributed by atoms with van der Waals surface area (Å²) in [6, 6.07) is 0. The van der Waals surface area contributed by atoms with Crippen LogP contribution in [0.2, 0.25) is 0 Å². The molecule has 0 aromatic heterocycles. The quantitative estimate of drug-likeness (QED) is 0.625. The first-order chi connectivity index (χ1) is 5.56. The summed E-state index contributed by atoms with van der Waals surface area (Å²) in [4.78, 5) is 18.3. The third-order valence-corrected chi connectivity index (χ3v) is 6.86. The number of hydrogen-bond donors (Lipinski definition) is 3. The van der Waals surface area contributed by atoms with Crippen LogP contribution in [0.25, 0.3) is 0 Å². The molecule has 3 unspecified atom stereocenters. The molecule has 5 nitrogen and oxygen atoms in total. The van der Waals surface area contributed by atoms with Gasteiger partial charge in [0.05, 0.1) is 5.78 Å². The fourth-order valence-electron chi connectivity index (χ4n) is 0.936. The molecule has 0 aromatic rings. The summed E-state index contributed by atoms with van der Waals surface area (Å²) in [6.45, 7) is 4.46. The van der Waals surface area contributed by atoms with Crippen molar-refractivity contribution in [1.82, 2.24) is 0 Å². The lowest BCUT2D eigenvalue weighted by Gasteiger charge is -2.22. The molecule has 0 rings (SSSR count). The topological polar surface area (TPSA) is 101 Å². The van der Waals surface area contributed by atoms with E-state index in [-0.39, 0.29) is 5.92 Å². The van der Waals surface area contributed by atoms with Crippen molar-refractivity contribution in [2.24, 2.45) is 11.7 Å². The Morgan fingerprint density at radius 1 is 1.31 bits per heavy atom. The SMILES string of the molecule is CC(C)C(N)P(=O)(O)CP(C)(=O)O. The summed E-state index contributed by atoms with van der Waals surface area (Å²) < 4.78 is 22.4. The van der Waals surface area contributed by atoms with Crippen molar-refractivity contribution in [3.05, 3.63) is 0 Å². The van der Waals surface area contributed by atoms with Crippen molar-refractivity contribution in [1.29, 1.82) is 0 Å². The van der Waals surface area contributed by atoms with Crippen molar-refractivity contribution >= 4 is 14.7 Å². The highest BCUT2D eigenvalue weighted by Gasteiger charge is 2.35. The molecule has 0 aliphatic heterocycles. The first-order valence-corrected chi connectivity index (χ1v) is 8.13. The molecule has 0 radical (unpaired) electrons. The van der Waals surface area contributed by atoms with E-state index >= 15 is 0 Å². The van der Waals surface area contributed by atoms with Gasteiger partial charge in [-0.05, 0) is 5.92 Å². The molecule has 4 N–H and O–H groups in total. The second kappa shape index (κ2) is 4.24. The smallest absolute Gasteiger partial charge is 0.226 e. The van der Waals surface area contributed by atoms with Gasteiger partial charge in [0, 0.05) is 6.66 Å². The van der Waals surface area contributed by atoms with E-state index in [2.05, 4.69) is 0 Å². The minimum Gasteiger partial charge on any atom is -0.344 e. The second-order valence-corrected chi connectivity index (χ2v) is 9.02. The van der Waals surface area contributed by atoms with Crippen LogP contribution in [0, 0.1) is 5.92 Å². The Balaban J connectivity index is 4.59. The van der Waals surface area contributed by atoms with Gasteiger partial charge < -0.3 is 15.5 Å². The van der Waals surface area contributed by atoms with Gasteiger partial charge in [0.2, 0.25) is 14.7 Å². The van der Waals surface area contributed by atoms with Crippen molar-refractivity contribution < 1.29 is 18.9 Å². The maximum Gasteiger partial charge on any atom is 0.226 e. The minimum atomic E-state index is -3.70. The predicted molar refractivity (Wildman–Crippen MR) is 53.3 cm³/mol. The molecule has 13 heavy (non-hydrogen) atoms. The van der Waals surface area contributed by atoms with Crippen molar-refractivity contribution in [2.45, 2.75) is 19.6 Å². The molecule has 0 saturated carbocycles. The molecule has 0 amide bonds. The van der Waals surface area contributed by atoms with Gasteiger partial charge in [-0.2, -0.15) is 0 Å². The molecule has 0 fully saturated rings. The highest BCUT2D eigenvalue weighted by atomic mass is 31.2. The molecular weight excluding hydrogens is 212 g/mol. The standard InChI is InChI=1S/C6H17NO4P2/c1-5(2)6(7)13(10,11)4-12(3,8)9/h5-6H,4,7H2,1-3H3,(H,8,9)(H,10,11). The monoisotopic (exact) mass is 229 g/mol. The summed E-state index contributed by atoms with van der Waals surface area (Å²) in [5.41, 5.74) is 5.46. The van der Waals surface area contributed by atoms with E-state index in [4.69, 9.17) is 10.6 Å². The largest absolute Gasteiger partial charge is 0.344 e. The summed E-state index contributed by atoms with van der Waals surface area (Å²) in [5.74, 6) is -1.70. The van der Waals surface area contributed by atoms with Crippen LogP contribution in [0.1, 0.15) is 13.8 Å². The molecule has 80 valence electrons. The molecule has 0 bridgehead atoms. The summed E-state index contributed by atoms with van der Waals surface area (Å²) >= 11 is 0. The zero-order valence-electron chi connectivity index (χ0n) is 8.04. The minimum absolute atomic E-state index is 0.178. The number of nitrogens with two attached hydrogens (primary N) is 1. The number of rotatable bonds is 4. The zero-order valence-corrected chi connectivity index (χ0v) is 9.83. The van der Waals surface area contributed by atoms with E-state index < -0.39 is 26.4 Å². The van der Waals surface area contributed by atoms with E-state index in [9.17, 15) is 14.0 Å². The third kappa shape index (κ3) is 4.94. The lowest BCUT2D eigenvalue weighted by atomic mass is 10.2. The van der Waals surface area contributed by atoms with E-state index in [1.807, 2.05) is 0 Å². The van der Waals surface area contributed by atoms with E-state index in [0.29, 0.717) is 0 Å². The van der Waals surface area contributed by atoms with Crippen molar-refractivity contribution in [3.63, 3.8) is 0 Å². The van der Waals surface area contributed by atoms with Crippen LogP contribution in [0.3, 0.4) is 0 Å². The van der Waals surface area contributed by atoms with Crippen LogP contribution < -0.4 is 5.73 Å². The van der Waals surface area contributed by atoms with Crippen molar-refractivity contribution in [2.75, 3.05) is 12.6 Å². The predicted octanol–water partition coefficient (Wildman–Crippen LogP) is 1.06. The molecule has 0 heterocycles. The average molecular weight is 229 g/mol. The Morgan fingerprint density at radius 3 is 1.92 bits per heavy atom. The fraction of sp³-hybridized carbons (Fsp3) is 1.00. The summed E-state index contributed by atoms with van der Waals surface area (Å²) in [6.07, 6.45) is 0. The van der Waals surface area contributed by atoms with Gasteiger partial charge in [0.25, 0.3) is 0 Å². The highest BCUT2D eigenvalue weighted by molar-refractivity contribution is 7.75. The van der Waals surface area contributed by atoms with Gasteiger partial charge in [0.15, 0.2) is 0 Å². The van der Waals surface area contributed by atoms with E-state index in [1.54, 1.807) is 13.8 Å². The second-order valence-electron chi connectivity index (χ2n) is 3.68. The van der Waals surface area contributed by atoms with Gasteiger partial charge in [-0.3, -0.25) is 9.13 Å². The lowest BCUT2D eigenvalue weighted by molar-refractivity contribution is 0.439. The third-order valence-electron chi connectivity index (χ3n) is 1.61. The Kier molecular flexibility index (Phi) is 4.35. The molecular formula is C6H17NO4P2. The molecule has 0 saturated heterocycles. The van der Waals surface area contributed by atoms with Crippen LogP contribution in [0.4, 0.5) is 0 Å². The molecule has 0 aliphatic rings. The molecule has 3 atom stereocenters. The van der Waals surface area contributed by atoms with Gasteiger partial charge >= 0.3 is 0 Å². The van der Waals surface area contributed by atoms with Gasteiger partial charge in [-0.1, -0.05) is 13.8 Å². The lowest BCUT2D eigenvalue weighted by Crippen LogP contribution is -2.27. The maximum absolute atomic E-state index is 11.5. The Bertz CT molecular complexity index is 259. The van der Waals surface area contributed by atoms with E-state index in [0.717, 1.165) is 6.66 Å². The molecule has 0 aliphatic carbocycles. The van der Waals surface area contributed by atoms with Crippen molar-refractivity contribution in [3.8, 4) is 0 Å². The molecule has 0 spiro atoms. The van der Waals surface area contributed by atoms with Gasteiger partial charge in [-0.25, -0.2) is 0 Å². The van der Waals surface area contributed by atoms with Crippen LogP contribution in [0.5, 0.6) is 0 Å². The Morgan fingerprint density at radius 2 is 1.69 bits per heavy atom. The first kappa shape index (κ1) is 13.3. The maximum atomic E-state index is 11.5. The fourth-order valence-corrected chi connectivity index (χ4v) is 5.63. The summed E-state index contributed by atoms with van der Waals surface area (Å²) in [5, 5.41) is 0. The first-order valence-electron chi connectivity index (χ1n) is 3.92. The number of hydrogen-bond acceptors (Lipinski definition) is 3. The molecule has 0 aromatic carbocycles. The highest BCUT2D eigenvalue weighted by Crippen LogP contribution is 2.57. The van der Waals surface area contributed by atoms with Crippen LogP contribution in [-0.4, -0.2) is 28.1 Å². The Labute approximate surface area is 78.2 Å². The van der Waals surface area contributed by atoms with Crippen LogP contribution in [0.15, 0.2) is 0 Å². The summed E-state index contributed by atoms with van der Waals surface area (Å²) in [7, 11) is -7.17. The normalized spacial score (nSPS) is 23.6. The van der Waals surface area contributed by atoms with Gasteiger partial charge in [0.1, 0.15) is 5.90 Å². The average Bonchev–Trinajstić information content (AvgIpc) is 1.80. The Hall–Kier alpha value is 0.340. The van der Waals surface area contributed by atoms with Gasteiger partial charge in [-0.15, -0.1) is 0 Å². The van der Waals surface area contributed by atoms with Crippen LogP contribution >= 0.6 is 14.7 Å².